The van der Waals surface area contributed by atoms with Crippen molar-refractivity contribution in [1.29, 1.82) is 0 Å². The molecule has 0 spiro atoms. The first kappa shape index (κ1) is 32.8. The summed E-state index contributed by atoms with van der Waals surface area (Å²) in [6.45, 7) is 5.91. The summed E-state index contributed by atoms with van der Waals surface area (Å²) >= 11 is 6.13. The largest absolute Gasteiger partial charge is 0.354 e. The van der Waals surface area contributed by atoms with Crippen molar-refractivity contribution in [1.82, 2.24) is 10.2 Å². The molecule has 4 aromatic carbocycles. The van der Waals surface area contributed by atoms with Crippen LogP contribution in [-0.4, -0.2) is 44.3 Å². The minimum Gasteiger partial charge on any atom is -0.354 e. The molecule has 0 saturated heterocycles. The second-order valence-electron chi connectivity index (χ2n) is 11.2. The summed E-state index contributed by atoms with van der Waals surface area (Å²) in [5.74, 6) is -0.610. The summed E-state index contributed by atoms with van der Waals surface area (Å²) in [5.41, 5.74) is 2.88. The number of benzene rings is 4. The van der Waals surface area contributed by atoms with Gasteiger partial charge in [-0.2, -0.15) is 0 Å². The first-order valence-electron chi connectivity index (χ1n) is 14.5. The van der Waals surface area contributed by atoms with Gasteiger partial charge in [-0.05, 0) is 60.4 Å². The van der Waals surface area contributed by atoms with Crippen LogP contribution in [0.25, 0.3) is 0 Å². The Morgan fingerprint density at radius 2 is 1.36 bits per heavy atom. The van der Waals surface area contributed by atoms with Crippen molar-refractivity contribution in [3.8, 4) is 0 Å². The fourth-order valence-corrected chi connectivity index (χ4v) is 6.27. The van der Waals surface area contributed by atoms with Crippen LogP contribution in [0.5, 0.6) is 0 Å². The second kappa shape index (κ2) is 15.0. The molecule has 7 nitrogen and oxygen atoms in total. The Kier molecular flexibility index (Phi) is 11.2. The fourth-order valence-electron chi connectivity index (χ4n) is 4.73. The molecular weight excluding hydrogens is 594 g/mol. The van der Waals surface area contributed by atoms with Gasteiger partial charge in [-0.15, -0.1) is 0 Å². The van der Waals surface area contributed by atoms with Crippen LogP contribution in [0.1, 0.15) is 30.5 Å². The second-order valence-corrected chi connectivity index (χ2v) is 13.5. The van der Waals surface area contributed by atoms with Gasteiger partial charge in [0, 0.05) is 24.5 Å². The molecule has 9 heteroatoms. The zero-order chi connectivity index (χ0) is 31.7. The van der Waals surface area contributed by atoms with E-state index in [0.29, 0.717) is 11.6 Å². The van der Waals surface area contributed by atoms with Crippen LogP contribution in [0.4, 0.5) is 5.69 Å². The average Bonchev–Trinajstić information content (AvgIpc) is 3.02. The molecule has 0 aliphatic carbocycles. The number of hydrogen-bond acceptors (Lipinski definition) is 4. The Bertz CT molecular complexity index is 1630. The first-order chi connectivity index (χ1) is 21.0. The molecule has 0 fully saturated rings. The Labute approximate surface area is 265 Å². The molecule has 0 aliphatic heterocycles. The van der Waals surface area contributed by atoms with E-state index in [-0.39, 0.29) is 35.4 Å². The van der Waals surface area contributed by atoms with Crippen LogP contribution in [0.2, 0.25) is 5.02 Å². The number of aryl methyl sites for hydroxylation is 1. The maximum Gasteiger partial charge on any atom is 0.264 e. The number of anilines is 1. The van der Waals surface area contributed by atoms with Gasteiger partial charge >= 0.3 is 0 Å². The Morgan fingerprint density at radius 3 is 1.93 bits per heavy atom. The lowest BCUT2D eigenvalue weighted by Gasteiger charge is -2.34. The molecule has 1 atom stereocenters. The molecule has 0 bridgehead atoms. The molecule has 44 heavy (non-hydrogen) atoms. The van der Waals surface area contributed by atoms with E-state index in [1.165, 1.54) is 17.0 Å². The van der Waals surface area contributed by atoms with Gasteiger partial charge in [0.15, 0.2) is 0 Å². The Hall–Kier alpha value is -4.14. The molecule has 4 aromatic rings. The van der Waals surface area contributed by atoms with E-state index in [9.17, 15) is 18.0 Å². The summed E-state index contributed by atoms with van der Waals surface area (Å²) < 4.78 is 29.2. The predicted molar refractivity (Wildman–Crippen MR) is 176 cm³/mol. The molecule has 0 heterocycles. The number of hydrogen-bond donors (Lipinski definition) is 1. The maximum absolute atomic E-state index is 14.4. The molecule has 0 radical (unpaired) electrons. The highest BCUT2D eigenvalue weighted by molar-refractivity contribution is 7.92. The molecular formula is C35H38ClN3O4S. The lowest BCUT2D eigenvalue weighted by molar-refractivity contribution is -0.140. The van der Waals surface area contributed by atoms with Crippen LogP contribution in [-0.2, 0) is 32.6 Å². The molecule has 230 valence electrons. The van der Waals surface area contributed by atoms with Gasteiger partial charge < -0.3 is 10.2 Å². The Morgan fingerprint density at radius 1 is 0.795 bits per heavy atom. The minimum atomic E-state index is -4.17. The highest BCUT2D eigenvalue weighted by Crippen LogP contribution is 2.26. The van der Waals surface area contributed by atoms with Crippen molar-refractivity contribution in [3.05, 3.63) is 131 Å². The van der Waals surface area contributed by atoms with Gasteiger partial charge in [0.1, 0.15) is 12.6 Å². The topological polar surface area (TPSA) is 86.8 Å². The molecule has 1 N–H and O–H groups in total. The van der Waals surface area contributed by atoms with Gasteiger partial charge in [0.2, 0.25) is 11.8 Å². The summed E-state index contributed by atoms with van der Waals surface area (Å²) in [4.78, 5) is 29.7. The lowest BCUT2D eigenvalue weighted by Crippen LogP contribution is -2.53. The van der Waals surface area contributed by atoms with Crippen molar-refractivity contribution in [3.63, 3.8) is 0 Å². The van der Waals surface area contributed by atoms with Crippen molar-refractivity contribution in [2.24, 2.45) is 5.92 Å². The molecule has 0 aliphatic rings. The third-order valence-electron chi connectivity index (χ3n) is 7.15. The van der Waals surface area contributed by atoms with Gasteiger partial charge in [0.25, 0.3) is 10.0 Å². The average molecular weight is 632 g/mol. The van der Waals surface area contributed by atoms with E-state index in [1.54, 1.807) is 36.4 Å². The molecule has 0 saturated carbocycles. The van der Waals surface area contributed by atoms with Crippen molar-refractivity contribution in [2.45, 2.75) is 44.7 Å². The van der Waals surface area contributed by atoms with Gasteiger partial charge in [-0.1, -0.05) is 104 Å². The SMILES string of the molecule is Cc1ccc(S(=O)(=O)N(CC(=O)N(Cc2ccccc2)[C@H](Cc2ccccc2)C(=O)NCC(C)C)c2ccc(Cl)cc2)cc1. The van der Waals surface area contributed by atoms with Crippen molar-refractivity contribution in [2.75, 3.05) is 17.4 Å². The van der Waals surface area contributed by atoms with Crippen molar-refractivity contribution < 1.29 is 18.0 Å². The number of rotatable bonds is 13. The third kappa shape index (κ3) is 8.71. The maximum atomic E-state index is 14.4. The highest BCUT2D eigenvalue weighted by Gasteiger charge is 2.34. The number of carbonyl (C=O) groups excluding carboxylic acids is 2. The van der Waals surface area contributed by atoms with Crippen LogP contribution in [0.3, 0.4) is 0 Å². The molecule has 0 unspecified atom stereocenters. The monoisotopic (exact) mass is 631 g/mol. The van der Waals surface area contributed by atoms with E-state index < -0.39 is 28.5 Å². The Balaban J connectivity index is 1.78. The van der Waals surface area contributed by atoms with Crippen LogP contribution >= 0.6 is 11.6 Å². The van der Waals surface area contributed by atoms with Gasteiger partial charge in [-0.3, -0.25) is 13.9 Å². The highest BCUT2D eigenvalue weighted by atomic mass is 35.5. The molecule has 0 aromatic heterocycles. The number of nitrogens with zero attached hydrogens (tertiary/aromatic N) is 2. The summed E-state index contributed by atoms with van der Waals surface area (Å²) in [6.07, 6.45) is 0.259. The van der Waals surface area contributed by atoms with Gasteiger partial charge in [0.05, 0.1) is 10.6 Å². The number of carbonyl (C=O) groups is 2. The number of sulfonamides is 1. The van der Waals surface area contributed by atoms with E-state index in [1.807, 2.05) is 81.4 Å². The van der Waals surface area contributed by atoms with Crippen LogP contribution in [0.15, 0.2) is 114 Å². The van der Waals surface area contributed by atoms with E-state index in [2.05, 4.69) is 5.32 Å². The van der Waals surface area contributed by atoms with Crippen molar-refractivity contribution >= 4 is 39.1 Å². The normalized spacial score (nSPS) is 12.0. The zero-order valence-corrected chi connectivity index (χ0v) is 26.8. The summed E-state index contributed by atoms with van der Waals surface area (Å²) in [5, 5.41) is 3.43. The predicted octanol–water partition coefficient (Wildman–Crippen LogP) is 6.26. The van der Waals surface area contributed by atoms with Gasteiger partial charge in [-0.25, -0.2) is 8.42 Å². The summed E-state index contributed by atoms with van der Waals surface area (Å²) in [6, 6.07) is 30.8. The minimum absolute atomic E-state index is 0.0518. The quantitative estimate of drug-likeness (QED) is 0.189. The first-order valence-corrected chi connectivity index (χ1v) is 16.4. The van der Waals surface area contributed by atoms with E-state index >= 15 is 0 Å². The smallest absolute Gasteiger partial charge is 0.264 e. The van der Waals surface area contributed by atoms with E-state index in [4.69, 9.17) is 11.6 Å². The summed E-state index contributed by atoms with van der Waals surface area (Å²) in [7, 11) is -4.17. The standard InChI is InChI=1S/C35H38ClN3O4S/c1-26(2)23-37-35(41)33(22-28-10-6-4-7-11-28)38(24-29-12-8-5-9-13-29)34(40)25-39(31-18-16-30(36)17-19-31)44(42,43)32-20-14-27(3)15-21-32/h4-21,26,33H,22-25H2,1-3H3,(H,37,41)/t33-/m1/s1. The van der Waals surface area contributed by atoms with Crippen LogP contribution in [0, 0.1) is 12.8 Å². The molecule has 4 rings (SSSR count). The fraction of sp³-hybridized carbons (Fsp3) is 0.257. The number of halogens is 1. The van der Waals surface area contributed by atoms with Crippen LogP contribution < -0.4 is 9.62 Å². The van der Waals surface area contributed by atoms with E-state index in [0.717, 1.165) is 21.0 Å². The number of nitrogens with one attached hydrogen (secondary N) is 1. The third-order valence-corrected chi connectivity index (χ3v) is 9.19. The zero-order valence-electron chi connectivity index (χ0n) is 25.2. The lowest BCUT2D eigenvalue weighted by atomic mass is 10.0. The molecule has 2 amide bonds. The number of amides is 2.